The molecule has 2 aromatic carbocycles. The van der Waals surface area contributed by atoms with Crippen molar-refractivity contribution in [3.63, 3.8) is 0 Å². The van der Waals surface area contributed by atoms with E-state index in [0.29, 0.717) is 11.5 Å². The van der Waals surface area contributed by atoms with Crippen molar-refractivity contribution in [3.8, 4) is 11.5 Å². The van der Waals surface area contributed by atoms with Crippen LogP contribution in [0.2, 0.25) is 0 Å². The van der Waals surface area contributed by atoms with Crippen molar-refractivity contribution in [3.05, 3.63) is 57.2 Å². The van der Waals surface area contributed by atoms with Crippen LogP contribution in [0.3, 0.4) is 0 Å². The zero-order valence-corrected chi connectivity index (χ0v) is 12.6. The minimum atomic E-state index is -0.937. The van der Waals surface area contributed by atoms with Gasteiger partial charge in [0.2, 0.25) is 0 Å². The fraction of sp³-hybridized carbons (Fsp3) is 0. The first kappa shape index (κ1) is 13.1. The molecule has 0 aliphatic rings. The molecular formula is C15H9BrO3S. The van der Waals surface area contributed by atoms with E-state index in [0.717, 1.165) is 26.6 Å². The van der Waals surface area contributed by atoms with E-state index in [9.17, 15) is 4.79 Å². The number of carbonyl (C=O) groups is 1. The van der Waals surface area contributed by atoms with Crippen LogP contribution in [0.4, 0.5) is 0 Å². The van der Waals surface area contributed by atoms with Crippen LogP contribution in [0.25, 0.3) is 10.8 Å². The highest BCUT2D eigenvalue weighted by atomic mass is 79.9. The molecule has 0 saturated carbocycles. The van der Waals surface area contributed by atoms with Gasteiger partial charge in [0.25, 0.3) is 0 Å². The maximum atomic E-state index is 10.8. The molecule has 0 radical (unpaired) electrons. The minimum absolute atomic E-state index is 0.268. The third-order valence-electron chi connectivity index (χ3n) is 2.80. The van der Waals surface area contributed by atoms with Crippen LogP contribution in [0.15, 0.2) is 52.3 Å². The van der Waals surface area contributed by atoms with E-state index in [4.69, 9.17) is 9.84 Å². The van der Waals surface area contributed by atoms with E-state index >= 15 is 0 Å². The van der Waals surface area contributed by atoms with Crippen LogP contribution >= 0.6 is 27.3 Å². The molecule has 0 atom stereocenters. The SMILES string of the molecule is O=C(O)c1cc(Oc2ccc3cc(Br)ccc3c2)cs1. The Morgan fingerprint density at radius 1 is 1.05 bits per heavy atom. The van der Waals surface area contributed by atoms with Crippen LogP contribution in [0.5, 0.6) is 11.5 Å². The lowest BCUT2D eigenvalue weighted by molar-refractivity contribution is 0.0702. The molecule has 100 valence electrons. The van der Waals surface area contributed by atoms with Crippen molar-refractivity contribution in [1.29, 1.82) is 0 Å². The summed E-state index contributed by atoms with van der Waals surface area (Å²) in [5.74, 6) is 0.298. The summed E-state index contributed by atoms with van der Waals surface area (Å²) in [5, 5.41) is 12.8. The molecule has 0 spiro atoms. The molecule has 0 bridgehead atoms. The van der Waals surface area contributed by atoms with E-state index < -0.39 is 5.97 Å². The zero-order valence-electron chi connectivity index (χ0n) is 10.2. The van der Waals surface area contributed by atoms with Gasteiger partial charge in [-0.25, -0.2) is 4.79 Å². The summed E-state index contributed by atoms with van der Waals surface area (Å²) in [5.41, 5.74) is 0. The van der Waals surface area contributed by atoms with Crippen molar-refractivity contribution < 1.29 is 14.6 Å². The van der Waals surface area contributed by atoms with E-state index in [1.807, 2.05) is 36.4 Å². The molecule has 1 heterocycles. The second-order valence-electron chi connectivity index (χ2n) is 4.21. The summed E-state index contributed by atoms with van der Waals surface area (Å²) in [4.78, 5) is 11.1. The molecule has 0 fully saturated rings. The first-order chi connectivity index (χ1) is 9.61. The number of hydrogen-bond donors (Lipinski definition) is 1. The molecule has 3 rings (SSSR count). The number of carboxylic acids is 1. The zero-order chi connectivity index (χ0) is 14.1. The average molecular weight is 349 g/mol. The third kappa shape index (κ3) is 2.69. The minimum Gasteiger partial charge on any atom is -0.477 e. The van der Waals surface area contributed by atoms with Crippen molar-refractivity contribution in [2.45, 2.75) is 0 Å². The Bertz CT molecular complexity index is 795. The Labute approximate surface area is 127 Å². The number of rotatable bonds is 3. The van der Waals surface area contributed by atoms with Gasteiger partial charge in [0.05, 0.1) is 0 Å². The van der Waals surface area contributed by atoms with Crippen LogP contribution in [-0.2, 0) is 0 Å². The summed E-state index contributed by atoms with van der Waals surface area (Å²) in [6, 6.07) is 13.3. The highest BCUT2D eigenvalue weighted by molar-refractivity contribution is 9.10. The standard InChI is InChI=1S/C15H9BrO3S/c16-11-3-1-10-6-12(4-2-9(10)5-11)19-13-7-14(15(17)18)20-8-13/h1-8H,(H,17,18). The topological polar surface area (TPSA) is 46.5 Å². The van der Waals surface area contributed by atoms with Gasteiger partial charge in [-0.2, -0.15) is 0 Å². The lowest BCUT2D eigenvalue weighted by Crippen LogP contribution is -1.90. The maximum absolute atomic E-state index is 10.8. The average Bonchev–Trinajstić information content (AvgIpc) is 2.88. The Morgan fingerprint density at radius 2 is 1.80 bits per heavy atom. The van der Waals surface area contributed by atoms with Crippen LogP contribution in [0.1, 0.15) is 9.67 Å². The number of benzene rings is 2. The highest BCUT2D eigenvalue weighted by Crippen LogP contribution is 2.30. The summed E-state index contributed by atoms with van der Waals surface area (Å²) in [7, 11) is 0. The summed E-state index contributed by atoms with van der Waals surface area (Å²) < 4.78 is 6.71. The molecule has 0 unspecified atom stereocenters. The molecule has 5 heteroatoms. The second kappa shape index (κ2) is 5.26. The van der Waals surface area contributed by atoms with Gasteiger partial charge in [-0.15, -0.1) is 11.3 Å². The number of halogens is 1. The largest absolute Gasteiger partial charge is 0.477 e. The van der Waals surface area contributed by atoms with Gasteiger partial charge in [0, 0.05) is 15.9 Å². The Kier molecular flexibility index (Phi) is 3.46. The first-order valence-electron chi connectivity index (χ1n) is 5.81. The Hall–Kier alpha value is -1.85. The normalized spacial score (nSPS) is 10.7. The van der Waals surface area contributed by atoms with Crippen molar-refractivity contribution in [2.24, 2.45) is 0 Å². The number of carboxylic acid groups (broad SMARTS) is 1. The van der Waals surface area contributed by atoms with E-state index in [-0.39, 0.29) is 4.88 Å². The molecule has 0 saturated heterocycles. The monoisotopic (exact) mass is 348 g/mol. The number of thiophene rings is 1. The number of ether oxygens (including phenoxy) is 1. The van der Waals surface area contributed by atoms with Gasteiger partial charge in [-0.1, -0.05) is 28.1 Å². The lowest BCUT2D eigenvalue weighted by Gasteiger charge is -2.05. The van der Waals surface area contributed by atoms with Crippen LogP contribution in [0, 0.1) is 0 Å². The Morgan fingerprint density at radius 3 is 2.55 bits per heavy atom. The van der Waals surface area contributed by atoms with Crippen molar-refractivity contribution in [2.75, 3.05) is 0 Å². The van der Waals surface area contributed by atoms with Gasteiger partial charge < -0.3 is 9.84 Å². The van der Waals surface area contributed by atoms with Gasteiger partial charge >= 0.3 is 5.97 Å². The van der Waals surface area contributed by atoms with Crippen molar-refractivity contribution >= 4 is 44.0 Å². The second-order valence-corrected chi connectivity index (χ2v) is 6.03. The predicted molar refractivity (Wildman–Crippen MR) is 83.0 cm³/mol. The molecule has 1 aromatic heterocycles. The van der Waals surface area contributed by atoms with Crippen LogP contribution in [-0.4, -0.2) is 11.1 Å². The lowest BCUT2D eigenvalue weighted by atomic mass is 10.1. The number of fused-ring (bicyclic) bond motifs is 1. The fourth-order valence-electron chi connectivity index (χ4n) is 1.88. The smallest absolute Gasteiger partial charge is 0.346 e. The Balaban J connectivity index is 1.90. The van der Waals surface area contributed by atoms with E-state index in [2.05, 4.69) is 15.9 Å². The van der Waals surface area contributed by atoms with Gasteiger partial charge in [-0.3, -0.25) is 0 Å². The van der Waals surface area contributed by atoms with Crippen LogP contribution < -0.4 is 4.74 Å². The summed E-state index contributed by atoms with van der Waals surface area (Å²) in [6.45, 7) is 0. The van der Waals surface area contributed by atoms with Gasteiger partial charge in [0.1, 0.15) is 16.4 Å². The van der Waals surface area contributed by atoms with Crippen molar-refractivity contribution in [1.82, 2.24) is 0 Å². The quantitative estimate of drug-likeness (QED) is 0.711. The third-order valence-corrected chi connectivity index (χ3v) is 4.19. The molecule has 0 aliphatic carbocycles. The molecule has 3 nitrogen and oxygen atoms in total. The molecular weight excluding hydrogens is 340 g/mol. The molecule has 0 aliphatic heterocycles. The molecule has 3 aromatic rings. The predicted octanol–water partition coefficient (Wildman–Crippen LogP) is 5.15. The molecule has 0 amide bonds. The van der Waals surface area contributed by atoms with Gasteiger partial charge in [0.15, 0.2) is 0 Å². The summed E-state index contributed by atoms with van der Waals surface area (Å²) in [6.07, 6.45) is 0. The number of aromatic carboxylic acids is 1. The molecule has 1 N–H and O–H groups in total. The fourth-order valence-corrected chi connectivity index (χ4v) is 2.90. The highest BCUT2D eigenvalue weighted by Gasteiger charge is 2.08. The van der Waals surface area contributed by atoms with E-state index in [1.54, 1.807) is 5.38 Å². The summed E-state index contributed by atoms with van der Waals surface area (Å²) >= 11 is 4.59. The van der Waals surface area contributed by atoms with Gasteiger partial charge in [-0.05, 0) is 35.0 Å². The van der Waals surface area contributed by atoms with E-state index in [1.165, 1.54) is 6.07 Å². The first-order valence-corrected chi connectivity index (χ1v) is 7.48. The number of hydrogen-bond acceptors (Lipinski definition) is 3. The molecule has 20 heavy (non-hydrogen) atoms. The maximum Gasteiger partial charge on any atom is 0.346 e.